The Bertz CT molecular complexity index is 647. The zero-order valence-corrected chi connectivity index (χ0v) is 13.1. The van der Waals surface area contributed by atoms with Gasteiger partial charge in [-0.3, -0.25) is 4.79 Å². The van der Waals surface area contributed by atoms with Crippen molar-refractivity contribution in [3.05, 3.63) is 59.3 Å². The van der Waals surface area contributed by atoms with Gasteiger partial charge < -0.3 is 4.90 Å². The van der Waals surface area contributed by atoms with Crippen LogP contribution in [-0.4, -0.2) is 28.6 Å². The van der Waals surface area contributed by atoms with E-state index in [1.807, 2.05) is 31.2 Å². The molecule has 0 saturated carbocycles. The summed E-state index contributed by atoms with van der Waals surface area (Å²) in [4.78, 5) is 17.8. The minimum Gasteiger partial charge on any atom is -0.337 e. The number of pyridine rings is 1. The molecule has 1 amide bonds. The van der Waals surface area contributed by atoms with Gasteiger partial charge in [0, 0.05) is 19.8 Å². The molecule has 2 aromatic rings. The second-order valence-electron chi connectivity index (χ2n) is 4.88. The first-order valence-electron chi connectivity index (χ1n) is 6.68. The average molecular weight is 322 g/mol. The Morgan fingerprint density at radius 2 is 1.95 bits per heavy atom. The number of thioether (sulfide) groups is 1. The monoisotopic (exact) mass is 322 g/mol. The zero-order chi connectivity index (χ0) is 16.1. The predicted molar refractivity (Wildman–Crippen MR) is 83.1 cm³/mol. The molecule has 0 radical (unpaired) electrons. The van der Waals surface area contributed by atoms with Crippen molar-refractivity contribution in [3.8, 4) is 0 Å². The van der Waals surface area contributed by atoms with Gasteiger partial charge in [0.25, 0.3) is 11.7 Å². The fourth-order valence-electron chi connectivity index (χ4n) is 1.98. The second kappa shape index (κ2) is 7.35. The molecule has 0 N–H and O–H groups in total. The van der Waals surface area contributed by atoms with Crippen LogP contribution in [0.4, 0.5) is 8.78 Å². The molecule has 1 heterocycles. The molecule has 22 heavy (non-hydrogen) atoms. The number of aryl methyl sites for hydroxylation is 1. The number of aromatic nitrogens is 1. The summed E-state index contributed by atoms with van der Waals surface area (Å²) in [7, 11) is 1.64. The molecule has 0 bridgehead atoms. The van der Waals surface area contributed by atoms with Gasteiger partial charge in [0.05, 0.1) is 5.56 Å². The lowest BCUT2D eigenvalue weighted by Gasteiger charge is -2.18. The first-order valence-corrected chi connectivity index (χ1v) is 7.56. The molecular weight excluding hydrogens is 306 g/mol. The molecule has 6 heteroatoms. The van der Waals surface area contributed by atoms with Crippen LogP contribution in [0.25, 0.3) is 0 Å². The minimum atomic E-state index is -2.61. The van der Waals surface area contributed by atoms with Gasteiger partial charge in [-0.1, -0.05) is 29.8 Å². The van der Waals surface area contributed by atoms with Gasteiger partial charge in [-0.2, -0.15) is 8.78 Å². The van der Waals surface area contributed by atoms with Crippen LogP contribution < -0.4 is 0 Å². The third-order valence-electron chi connectivity index (χ3n) is 3.09. The number of carbonyl (C=O) groups excluding carboxylic acids is 1. The zero-order valence-electron chi connectivity index (χ0n) is 12.3. The number of rotatable bonds is 5. The summed E-state index contributed by atoms with van der Waals surface area (Å²) < 4.78 is 25.1. The Morgan fingerprint density at radius 1 is 1.27 bits per heavy atom. The lowest BCUT2D eigenvalue weighted by molar-refractivity contribution is 0.0781. The van der Waals surface area contributed by atoms with Crippen LogP contribution in [0.15, 0.2) is 47.6 Å². The standard InChI is InChI=1S/C16H16F2N2OS/c1-11-5-7-12(8-6-11)10-20(2)15(21)13-4-3-9-19-14(13)22-16(17)18/h3-9,16H,10H2,1-2H3. The molecule has 0 aliphatic heterocycles. The molecular formula is C16H16F2N2OS. The normalized spacial score (nSPS) is 10.8. The number of halogens is 2. The second-order valence-corrected chi connectivity index (χ2v) is 5.86. The van der Waals surface area contributed by atoms with E-state index in [1.54, 1.807) is 13.1 Å². The minimum absolute atomic E-state index is 0.0539. The summed E-state index contributed by atoms with van der Waals surface area (Å²) in [6.07, 6.45) is 1.40. The highest BCUT2D eigenvalue weighted by atomic mass is 32.2. The van der Waals surface area contributed by atoms with E-state index in [2.05, 4.69) is 4.98 Å². The number of alkyl halides is 2. The molecule has 3 nitrogen and oxygen atoms in total. The maximum absolute atomic E-state index is 12.5. The van der Waals surface area contributed by atoms with Gasteiger partial charge in [-0.05, 0) is 36.4 Å². The predicted octanol–water partition coefficient (Wildman–Crippen LogP) is 3.98. The Labute approximate surface area is 132 Å². The largest absolute Gasteiger partial charge is 0.337 e. The highest BCUT2D eigenvalue weighted by molar-refractivity contribution is 7.99. The van der Waals surface area contributed by atoms with E-state index < -0.39 is 5.76 Å². The summed E-state index contributed by atoms with van der Waals surface area (Å²) in [6.45, 7) is 2.40. The van der Waals surface area contributed by atoms with Crippen LogP contribution in [0, 0.1) is 6.92 Å². The quantitative estimate of drug-likeness (QED) is 0.781. The van der Waals surface area contributed by atoms with Crippen LogP contribution in [0.1, 0.15) is 21.5 Å². The lowest BCUT2D eigenvalue weighted by Crippen LogP contribution is -2.27. The number of benzene rings is 1. The van der Waals surface area contributed by atoms with Crippen LogP contribution in [0.2, 0.25) is 0 Å². The molecule has 2 rings (SSSR count). The topological polar surface area (TPSA) is 33.2 Å². The molecule has 0 saturated heterocycles. The van der Waals surface area contributed by atoms with E-state index in [9.17, 15) is 13.6 Å². The maximum atomic E-state index is 12.5. The molecule has 0 aliphatic carbocycles. The molecule has 0 atom stereocenters. The number of amides is 1. The van der Waals surface area contributed by atoms with Crippen molar-refractivity contribution < 1.29 is 13.6 Å². The summed E-state index contributed by atoms with van der Waals surface area (Å²) >= 11 is 0.287. The van der Waals surface area contributed by atoms with E-state index >= 15 is 0 Å². The Hall–Kier alpha value is -1.95. The van der Waals surface area contributed by atoms with E-state index in [0.717, 1.165) is 11.1 Å². The molecule has 116 valence electrons. The molecule has 0 spiro atoms. The maximum Gasteiger partial charge on any atom is 0.290 e. The van der Waals surface area contributed by atoms with Crippen LogP contribution in [-0.2, 0) is 6.54 Å². The molecule has 0 aliphatic rings. The fourth-order valence-corrected chi connectivity index (χ4v) is 2.55. The highest BCUT2D eigenvalue weighted by Gasteiger charge is 2.19. The molecule has 1 aromatic carbocycles. The van der Waals surface area contributed by atoms with Crippen molar-refractivity contribution >= 4 is 17.7 Å². The van der Waals surface area contributed by atoms with Gasteiger partial charge >= 0.3 is 0 Å². The number of hydrogen-bond acceptors (Lipinski definition) is 3. The lowest BCUT2D eigenvalue weighted by atomic mass is 10.1. The van der Waals surface area contributed by atoms with E-state index in [0.29, 0.717) is 6.54 Å². The van der Waals surface area contributed by atoms with Gasteiger partial charge in [-0.15, -0.1) is 0 Å². The van der Waals surface area contributed by atoms with Crippen molar-refractivity contribution in [1.82, 2.24) is 9.88 Å². The van der Waals surface area contributed by atoms with Gasteiger partial charge in [0.15, 0.2) is 0 Å². The molecule has 1 aromatic heterocycles. The summed E-state index contributed by atoms with van der Waals surface area (Å²) in [5.41, 5.74) is 2.32. The molecule has 0 unspecified atom stereocenters. The first-order chi connectivity index (χ1) is 10.5. The van der Waals surface area contributed by atoms with E-state index in [4.69, 9.17) is 0 Å². The Morgan fingerprint density at radius 3 is 2.59 bits per heavy atom. The van der Waals surface area contributed by atoms with Crippen molar-refractivity contribution in [2.75, 3.05) is 7.05 Å². The van der Waals surface area contributed by atoms with Crippen molar-refractivity contribution in [3.63, 3.8) is 0 Å². The van der Waals surface area contributed by atoms with Crippen LogP contribution >= 0.6 is 11.8 Å². The van der Waals surface area contributed by atoms with Crippen molar-refractivity contribution in [2.24, 2.45) is 0 Å². The summed E-state index contributed by atoms with van der Waals surface area (Å²) in [5, 5.41) is 0.0539. The highest BCUT2D eigenvalue weighted by Crippen LogP contribution is 2.27. The molecule has 0 fully saturated rings. The van der Waals surface area contributed by atoms with Crippen molar-refractivity contribution in [2.45, 2.75) is 24.3 Å². The number of hydrogen-bond donors (Lipinski definition) is 0. The van der Waals surface area contributed by atoms with E-state index in [-0.39, 0.29) is 28.3 Å². The SMILES string of the molecule is Cc1ccc(CN(C)C(=O)c2cccnc2SC(F)F)cc1. The fraction of sp³-hybridized carbons (Fsp3) is 0.250. The Balaban J connectivity index is 2.15. The number of nitrogens with zero attached hydrogens (tertiary/aromatic N) is 2. The smallest absolute Gasteiger partial charge is 0.290 e. The van der Waals surface area contributed by atoms with Crippen molar-refractivity contribution in [1.29, 1.82) is 0 Å². The van der Waals surface area contributed by atoms with Crippen LogP contribution in [0.3, 0.4) is 0 Å². The van der Waals surface area contributed by atoms with E-state index in [1.165, 1.54) is 17.2 Å². The average Bonchev–Trinajstić information content (AvgIpc) is 2.49. The van der Waals surface area contributed by atoms with Gasteiger partial charge in [-0.25, -0.2) is 4.98 Å². The number of carbonyl (C=O) groups is 1. The van der Waals surface area contributed by atoms with Gasteiger partial charge in [0.2, 0.25) is 0 Å². The van der Waals surface area contributed by atoms with Gasteiger partial charge in [0.1, 0.15) is 5.03 Å². The third kappa shape index (κ3) is 4.27. The third-order valence-corrected chi connectivity index (χ3v) is 3.82. The van der Waals surface area contributed by atoms with Crippen LogP contribution in [0.5, 0.6) is 0 Å². The Kier molecular flexibility index (Phi) is 5.49. The first kappa shape index (κ1) is 16.4. The summed E-state index contributed by atoms with van der Waals surface area (Å²) in [6, 6.07) is 10.9. The summed E-state index contributed by atoms with van der Waals surface area (Å²) in [5.74, 6) is -2.93.